The molecular formula is C13H16N4O2S. The summed E-state index contributed by atoms with van der Waals surface area (Å²) >= 11 is 1.61. The standard InChI is InChI=1S/C13H16N4O2S/c1-9(2)16(8-10-4-3-7-20-10)13-11(17(18)19)5-6-12(14)15-13/h3-7,9H,8H2,1-2H3,(H2,14,15). The molecule has 0 saturated heterocycles. The number of thiophene rings is 1. The van der Waals surface area contributed by atoms with Gasteiger partial charge in [-0.25, -0.2) is 4.98 Å². The van der Waals surface area contributed by atoms with Crippen molar-refractivity contribution in [2.45, 2.75) is 26.4 Å². The number of nitrogens with zero attached hydrogens (tertiary/aromatic N) is 3. The van der Waals surface area contributed by atoms with Crippen molar-refractivity contribution >= 4 is 28.7 Å². The van der Waals surface area contributed by atoms with Gasteiger partial charge in [-0.05, 0) is 31.4 Å². The third-order valence-electron chi connectivity index (χ3n) is 2.87. The van der Waals surface area contributed by atoms with Gasteiger partial charge in [0.05, 0.1) is 11.5 Å². The quantitative estimate of drug-likeness (QED) is 0.676. The second-order valence-electron chi connectivity index (χ2n) is 4.64. The Kier molecular flexibility index (Phi) is 4.19. The summed E-state index contributed by atoms with van der Waals surface area (Å²) in [6, 6.07) is 6.88. The maximum Gasteiger partial charge on any atom is 0.311 e. The molecule has 2 rings (SSSR count). The number of rotatable bonds is 5. The molecule has 6 nitrogen and oxygen atoms in total. The van der Waals surface area contributed by atoms with E-state index in [1.807, 2.05) is 36.3 Å². The molecule has 0 radical (unpaired) electrons. The van der Waals surface area contributed by atoms with Gasteiger partial charge in [0.2, 0.25) is 5.82 Å². The van der Waals surface area contributed by atoms with Crippen LogP contribution in [-0.4, -0.2) is 15.9 Å². The van der Waals surface area contributed by atoms with E-state index in [-0.39, 0.29) is 17.5 Å². The van der Waals surface area contributed by atoms with E-state index in [0.717, 1.165) is 4.88 Å². The molecule has 2 N–H and O–H groups in total. The van der Waals surface area contributed by atoms with Crippen LogP contribution in [0.1, 0.15) is 18.7 Å². The molecule has 20 heavy (non-hydrogen) atoms. The van der Waals surface area contributed by atoms with Crippen LogP contribution in [0, 0.1) is 10.1 Å². The van der Waals surface area contributed by atoms with E-state index in [1.54, 1.807) is 11.3 Å². The van der Waals surface area contributed by atoms with Crippen LogP contribution in [0.15, 0.2) is 29.6 Å². The van der Waals surface area contributed by atoms with E-state index in [2.05, 4.69) is 4.98 Å². The Morgan fingerprint density at radius 1 is 1.45 bits per heavy atom. The molecule has 0 fully saturated rings. The van der Waals surface area contributed by atoms with Crippen LogP contribution in [0.25, 0.3) is 0 Å². The zero-order valence-corrected chi connectivity index (χ0v) is 12.1. The van der Waals surface area contributed by atoms with Gasteiger partial charge in [-0.3, -0.25) is 10.1 Å². The Hall–Kier alpha value is -2.15. The Balaban J connectivity index is 2.43. The van der Waals surface area contributed by atoms with Crippen molar-refractivity contribution in [3.63, 3.8) is 0 Å². The Bertz CT molecular complexity index is 598. The lowest BCUT2D eigenvalue weighted by molar-refractivity contribution is -0.384. The predicted molar refractivity (Wildman–Crippen MR) is 80.9 cm³/mol. The zero-order valence-electron chi connectivity index (χ0n) is 11.3. The highest BCUT2D eigenvalue weighted by Gasteiger charge is 2.24. The fourth-order valence-corrected chi connectivity index (χ4v) is 2.58. The van der Waals surface area contributed by atoms with Crippen molar-refractivity contribution in [1.82, 2.24) is 4.98 Å². The van der Waals surface area contributed by atoms with Crippen LogP contribution >= 0.6 is 11.3 Å². The number of anilines is 2. The van der Waals surface area contributed by atoms with Crippen molar-refractivity contribution in [1.29, 1.82) is 0 Å². The van der Waals surface area contributed by atoms with Crippen LogP contribution in [0.3, 0.4) is 0 Å². The first-order valence-corrected chi connectivity index (χ1v) is 7.07. The van der Waals surface area contributed by atoms with E-state index < -0.39 is 4.92 Å². The highest BCUT2D eigenvalue weighted by Crippen LogP contribution is 2.30. The normalized spacial score (nSPS) is 10.8. The predicted octanol–water partition coefficient (Wildman–Crippen LogP) is 3.05. The number of nitrogens with two attached hydrogens (primary N) is 1. The van der Waals surface area contributed by atoms with Gasteiger partial charge in [0.25, 0.3) is 0 Å². The summed E-state index contributed by atoms with van der Waals surface area (Å²) in [7, 11) is 0. The van der Waals surface area contributed by atoms with E-state index >= 15 is 0 Å². The maximum atomic E-state index is 11.2. The van der Waals surface area contributed by atoms with Gasteiger partial charge in [-0.2, -0.15) is 0 Å². The molecule has 0 saturated carbocycles. The van der Waals surface area contributed by atoms with Crippen molar-refractivity contribution in [3.8, 4) is 0 Å². The van der Waals surface area contributed by atoms with Crippen LogP contribution in [0.4, 0.5) is 17.3 Å². The summed E-state index contributed by atoms with van der Waals surface area (Å²) in [4.78, 5) is 17.9. The average molecular weight is 292 g/mol. The molecule has 2 heterocycles. The number of hydrogen-bond donors (Lipinski definition) is 1. The first-order valence-electron chi connectivity index (χ1n) is 6.19. The lowest BCUT2D eigenvalue weighted by atomic mass is 10.2. The monoisotopic (exact) mass is 292 g/mol. The minimum Gasteiger partial charge on any atom is -0.384 e. The number of nitrogen functional groups attached to an aromatic ring is 1. The highest BCUT2D eigenvalue weighted by molar-refractivity contribution is 7.09. The SMILES string of the molecule is CC(C)N(Cc1cccs1)c1nc(N)ccc1[N+](=O)[O-]. The molecule has 0 unspecified atom stereocenters. The Morgan fingerprint density at radius 2 is 2.20 bits per heavy atom. The molecule has 0 aromatic carbocycles. The van der Waals surface area contributed by atoms with E-state index in [4.69, 9.17) is 5.73 Å². The van der Waals surface area contributed by atoms with Crippen LogP contribution in [0.5, 0.6) is 0 Å². The topological polar surface area (TPSA) is 85.3 Å². The minimum atomic E-state index is -0.425. The molecule has 7 heteroatoms. The largest absolute Gasteiger partial charge is 0.384 e. The van der Waals surface area contributed by atoms with Crippen LogP contribution in [0.2, 0.25) is 0 Å². The molecule has 0 bridgehead atoms. The van der Waals surface area contributed by atoms with Crippen LogP contribution in [-0.2, 0) is 6.54 Å². The summed E-state index contributed by atoms with van der Waals surface area (Å²) in [5, 5.41) is 13.1. The lowest BCUT2D eigenvalue weighted by Crippen LogP contribution is -2.31. The minimum absolute atomic E-state index is 0.0237. The number of aromatic nitrogens is 1. The van der Waals surface area contributed by atoms with E-state index in [9.17, 15) is 10.1 Å². The summed E-state index contributed by atoms with van der Waals surface area (Å²) in [5.74, 6) is 0.598. The third kappa shape index (κ3) is 3.05. The molecule has 2 aromatic rings. The highest BCUT2D eigenvalue weighted by atomic mass is 32.1. The van der Waals surface area contributed by atoms with Gasteiger partial charge in [0.1, 0.15) is 5.82 Å². The Morgan fingerprint density at radius 3 is 2.75 bits per heavy atom. The van der Waals surface area contributed by atoms with Gasteiger partial charge in [0.15, 0.2) is 0 Å². The van der Waals surface area contributed by atoms with Gasteiger partial charge in [-0.1, -0.05) is 6.07 Å². The molecule has 0 atom stereocenters. The third-order valence-corrected chi connectivity index (χ3v) is 3.74. The summed E-state index contributed by atoms with van der Waals surface area (Å²) in [6.07, 6.45) is 0. The van der Waals surface area contributed by atoms with Crippen molar-refractivity contribution in [3.05, 3.63) is 44.6 Å². The lowest BCUT2D eigenvalue weighted by Gasteiger charge is -2.27. The number of nitro groups is 1. The molecule has 0 aliphatic rings. The molecule has 0 amide bonds. The first kappa shape index (κ1) is 14.3. The second-order valence-corrected chi connectivity index (χ2v) is 5.67. The van der Waals surface area contributed by atoms with Gasteiger partial charge in [0, 0.05) is 17.0 Å². The summed E-state index contributed by atoms with van der Waals surface area (Å²) < 4.78 is 0. The average Bonchev–Trinajstić information content (AvgIpc) is 2.87. The summed E-state index contributed by atoms with van der Waals surface area (Å²) in [6.45, 7) is 4.52. The van der Waals surface area contributed by atoms with Crippen molar-refractivity contribution in [2.24, 2.45) is 0 Å². The first-order chi connectivity index (χ1) is 9.49. The fraction of sp³-hybridized carbons (Fsp3) is 0.308. The molecule has 2 aromatic heterocycles. The zero-order chi connectivity index (χ0) is 14.7. The van der Waals surface area contributed by atoms with Crippen LogP contribution < -0.4 is 10.6 Å². The second kappa shape index (κ2) is 5.87. The van der Waals surface area contributed by atoms with Gasteiger partial charge < -0.3 is 10.6 Å². The molecule has 0 aliphatic carbocycles. The van der Waals surface area contributed by atoms with Gasteiger partial charge >= 0.3 is 5.69 Å². The molecule has 106 valence electrons. The molecule has 0 spiro atoms. The van der Waals surface area contributed by atoms with E-state index in [1.165, 1.54) is 12.1 Å². The molecule has 0 aliphatic heterocycles. The molecular weight excluding hydrogens is 276 g/mol. The van der Waals surface area contributed by atoms with E-state index in [0.29, 0.717) is 12.4 Å². The smallest absolute Gasteiger partial charge is 0.311 e. The summed E-state index contributed by atoms with van der Waals surface area (Å²) in [5.41, 5.74) is 5.66. The number of pyridine rings is 1. The Labute approximate surface area is 121 Å². The van der Waals surface area contributed by atoms with Gasteiger partial charge in [-0.15, -0.1) is 11.3 Å². The van der Waals surface area contributed by atoms with Crippen molar-refractivity contribution in [2.75, 3.05) is 10.6 Å². The fourth-order valence-electron chi connectivity index (χ4n) is 1.88. The number of hydrogen-bond acceptors (Lipinski definition) is 6. The van der Waals surface area contributed by atoms with Crippen molar-refractivity contribution < 1.29 is 4.92 Å². The maximum absolute atomic E-state index is 11.2.